The summed E-state index contributed by atoms with van der Waals surface area (Å²) in [4.78, 5) is 4.17. The van der Waals surface area contributed by atoms with E-state index >= 15 is 0 Å². The summed E-state index contributed by atoms with van der Waals surface area (Å²) < 4.78 is 15.7. The Morgan fingerprint density at radius 3 is 2.65 bits per heavy atom. The number of benzene rings is 1. The van der Waals surface area contributed by atoms with Gasteiger partial charge in [-0.25, -0.2) is 9.37 Å². The summed E-state index contributed by atoms with van der Waals surface area (Å²) in [5, 5.41) is 8.65. The van der Waals surface area contributed by atoms with Gasteiger partial charge in [-0.1, -0.05) is 23.2 Å². The Morgan fingerprint density at radius 1 is 1.15 bits per heavy atom. The fraction of sp³-hybridized carbons (Fsp3) is 0.154. The first kappa shape index (κ1) is 13.3. The van der Waals surface area contributed by atoms with Gasteiger partial charge in [0.1, 0.15) is 5.82 Å². The summed E-state index contributed by atoms with van der Waals surface area (Å²) in [7, 11) is 0. The largest absolute Gasteiger partial charge is 0.275 e. The predicted octanol–water partition coefficient (Wildman–Crippen LogP) is 3.85. The van der Waals surface area contributed by atoms with Crippen LogP contribution in [-0.2, 0) is 0 Å². The molecule has 0 aliphatic rings. The van der Waals surface area contributed by atoms with Crippen LogP contribution in [0, 0.1) is 19.7 Å². The molecule has 4 nitrogen and oxygen atoms in total. The Labute approximate surface area is 124 Å². The Morgan fingerprint density at radius 2 is 1.90 bits per heavy atom. The summed E-state index contributed by atoms with van der Waals surface area (Å²) in [6, 6.07) is 4.29. The third kappa shape index (κ3) is 1.94. The van der Waals surface area contributed by atoms with Crippen LogP contribution in [0.25, 0.3) is 17.0 Å². The van der Waals surface area contributed by atoms with Gasteiger partial charge in [0.15, 0.2) is 16.6 Å². The molecule has 0 saturated carbocycles. The van der Waals surface area contributed by atoms with E-state index < -0.39 is 5.82 Å². The molecule has 102 valence electrons. The van der Waals surface area contributed by atoms with Crippen LogP contribution in [-0.4, -0.2) is 19.6 Å². The van der Waals surface area contributed by atoms with Gasteiger partial charge >= 0.3 is 0 Å². The molecule has 0 amide bonds. The van der Waals surface area contributed by atoms with Gasteiger partial charge < -0.3 is 0 Å². The van der Waals surface area contributed by atoms with Gasteiger partial charge in [-0.3, -0.25) is 4.40 Å². The zero-order chi connectivity index (χ0) is 14.4. The van der Waals surface area contributed by atoms with E-state index in [1.807, 2.05) is 13.8 Å². The van der Waals surface area contributed by atoms with Crippen molar-refractivity contribution in [1.29, 1.82) is 0 Å². The molecule has 0 spiro atoms. The zero-order valence-electron chi connectivity index (χ0n) is 10.7. The van der Waals surface area contributed by atoms with Gasteiger partial charge in [-0.05, 0) is 32.0 Å². The predicted molar refractivity (Wildman–Crippen MR) is 75.7 cm³/mol. The van der Waals surface area contributed by atoms with Gasteiger partial charge in [0.05, 0.1) is 11.3 Å². The van der Waals surface area contributed by atoms with Gasteiger partial charge in [0.25, 0.3) is 0 Å². The maximum Gasteiger partial charge on any atom is 0.199 e. The highest BCUT2D eigenvalue weighted by molar-refractivity contribution is 6.32. The van der Waals surface area contributed by atoms with Crippen molar-refractivity contribution in [2.75, 3.05) is 0 Å². The van der Waals surface area contributed by atoms with Crippen LogP contribution in [0.1, 0.15) is 11.4 Å². The molecule has 20 heavy (non-hydrogen) atoms. The van der Waals surface area contributed by atoms with Crippen LogP contribution in [0.15, 0.2) is 18.2 Å². The number of aromatic nitrogens is 4. The minimum absolute atomic E-state index is 0.231. The van der Waals surface area contributed by atoms with Crippen molar-refractivity contribution in [3.05, 3.63) is 45.6 Å². The molecule has 0 aliphatic carbocycles. The SMILES string of the molecule is Cc1nc(Cl)c2nnc(-c3cc(Cl)ccc3F)n2c1C. The summed E-state index contributed by atoms with van der Waals surface area (Å²) in [6.07, 6.45) is 0. The number of nitrogens with zero attached hydrogens (tertiary/aromatic N) is 4. The summed E-state index contributed by atoms with van der Waals surface area (Å²) in [6.45, 7) is 3.67. The molecule has 0 radical (unpaired) electrons. The topological polar surface area (TPSA) is 43.1 Å². The van der Waals surface area contributed by atoms with E-state index in [0.717, 1.165) is 11.4 Å². The van der Waals surface area contributed by atoms with Crippen molar-refractivity contribution < 1.29 is 4.39 Å². The third-order valence-electron chi connectivity index (χ3n) is 3.14. The van der Waals surface area contributed by atoms with Gasteiger partial charge in [-0.2, -0.15) is 0 Å². The van der Waals surface area contributed by atoms with Crippen molar-refractivity contribution in [3.63, 3.8) is 0 Å². The molecule has 0 unspecified atom stereocenters. The number of hydrogen-bond donors (Lipinski definition) is 0. The van der Waals surface area contributed by atoms with E-state index in [-0.39, 0.29) is 10.7 Å². The lowest BCUT2D eigenvalue weighted by atomic mass is 10.2. The first-order valence-corrected chi connectivity index (χ1v) is 6.58. The first-order valence-electron chi connectivity index (χ1n) is 5.82. The lowest BCUT2D eigenvalue weighted by molar-refractivity contribution is 0.629. The highest BCUT2D eigenvalue weighted by Gasteiger charge is 2.18. The molecule has 0 N–H and O–H groups in total. The normalized spacial score (nSPS) is 11.2. The molecule has 0 aliphatic heterocycles. The summed E-state index contributed by atoms with van der Waals surface area (Å²) >= 11 is 12.0. The average Bonchev–Trinajstić information content (AvgIpc) is 2.84. The van der Waals surface area contributed by atoms with Crippen molar-refractivity contribution in [1.82, 2.24) is 19.6 Å². The number of hydrogen-bond acceptors (Lipinski definition) is 3. The maximum absolute atomic E-state index is 14.0. The number of aryl methyl sites for hydroxylation is 2. The number of fused-ring (bicyclic) bond motifs is 1. The summed E-state index contributed by atoms with van der Waals surface area (Å²) in [5.41, 5.74) is 2.19. The van der Waals surface area contributed by atoms with Crippen LogP contribution in [0.4, 0.5) is 4.39 Å². The maximum atomic E-state index is 14.0. The van der Waals surface area contributed by atoms with Crippen LogP contribution < -0.4 is 0 Å². The molecule has 0 saturated heterocycles. The highest BCUT2D eigenvalue weighted by Crippen LogP contribution is 2.28. The van der Waals surface area contributed by atoms with E-state index in [1.165, 1.54) is 18.2 Å². The van der Waals surface area contributed by atoms with Crippen LogP contribution in [0.2, 0.25) is 10.2 Å². The fourth-order valence-electron chi connectivity index (χ4n) is 2.02. The second-order valence-corrected chi connectivity index (χ2v) is 5.17. The van der Waals surface area contributed by atoms with Gasteiger partial charge in [0, 0.05) is 10.7 Å². The Bertz CT molecular complexity index is 829. The molecule has 2 aromatic heterocycles. The molecule has 3 aromatic rings. The Kier molecular flexibility index (Phi) is 3.11. The van der Waals surface area contributed by atoms with Crippen molar-refractivity contribution in [2.24, 2.45) is 0 Å². The van der Waals surface area contributed by atoms with E-state index in [9.17, 15) is 4.39 Å². The summed E-state index contributed by atoms with van der Waals surface area (Å²) in [5.74, 6) is -0.0708. The smallest absolute Gasteiger partial charge is 0.199 e. The molecule has 7 heteroatoms. The lowest BCUT2D eigenvalue weighted by Crippen LogP contribution is -2.01. The zero-order valence-corrected chi connectivity index (χ0v) is 12.2. The first-order chi connectivity index (χ1) is 9.49. The molecule has 0 atom stereocenters. The molecule has 2 heterocycles. The molecule has 3 rings (SSSR count). The molecule has 0 bridgehead atoms. The highest BCUT2D eigenvalue weighted by atomic mass is 35.5. The minimum atomic E-state index is -0.423. The average molecular weight is 311 g/mol. The van der Waals surface area contributed by atoms with Crippen molar-refractivity contribution in [2.45, 2.75) is 13.8 Å². The van der Waals surface area contributed by atoms with E-state index in [4.69, 9.17) is 23.2 Å². The fourth-order valence-corrected chi connectivity index (χ4v) is 2.44. The third-order valence-corrected chi connectivity index (χ3v) is 3.63. The lowest BCUT2D eigenvalue weighted by Gasteiger charge is -2.08. The second kappa shape index (κ2) is 4.68. The quantitative estimate of drug-likeness (QED) is 0.685. The van der Waals surface area contributed by atoms with E-state index in [0.29, 0.717) is 16.5 Å². The van der Waals surface area contributed by atoms with E-state index in [2.05, 4.69) is 15.2 Å². The van der Waals surface area contributed by atoms with Gasteiger partial charge in [0.2, 0.25) is 0 Å². The Balaban J connectivity index is 2.41. The molecular formula is C13H9Cl2FN4. The number of rotatable bonds is 1. The molecule has 0 fully saturated rings. The monoisotopic (exact) mass is 310 g/mol. The molecule has 1 aromatic carbocycles. The van der Waals surface area contributed by atoms with Crippen LogP contribution in [0.3, 0.4) is 0 Å². The Hall–Kier alpha value is -1.72. The number of halogens is 3. The minimum Gasteiger partial charge on any atom is -0.275 e. The van der Waals surface area contributed by atoms with Gasteiger partial charge in [-0.15, -0.1) is 10.2 Å². The van der Waals surface area contributed by atoms with Crippen molar-refractivity contribution in [3.8, 4) is 11.4 Å². The van der Waals surface area contributed by atoms with Crippen LogP contribution in [0.5, 0.6) is 0 Å². The van der Waals surface area contributed by atoms with Crippen LogP contribution >= 0.6 is 23.2 Å². The molecular weight excluding hydrogens is 302 g/mol. The standard InChI is InChI=1S/C13H9Cl2FN4/c1-6-7(2)20-12(18-19-13(20)11(15)17-6)9-5-8(14)3-4-10(9)16/h3-5H,1-2H3. The van der Waals surface area contributed by atoms with Crippen molar-refractivity contribution >= 4 is 28.8 Å². The van der Waals surface area contributed by atoms with E-state index in [1.54, 1.807) is 4.40 Å². The second-order valence-electron chi connectivity index (χ2n) is 4.38.